The predicted molar refractivity (Wildman–Crippen MR) is 104 cm³/mol. The van der Waals surface area contributed by atoms with Crippen molar-refractivity contribution >= 4 is 23.0 Å². The van der Waals surface area contributed by atoms with Crippen LogP contribution < -0.4 is 10.2 Å². The van der Waals surface area contributed by atoms with E-state index < -0.39 is 4.92 Å². The minimum absolute atomic E-state index is 0.150. The molecule has 0 radical (unpaired) electrons. The van der Waals surface area contributed by atoms with Crippen LogP contribution in [0.5, 0.6) is 0 Å². The van der Waals surface area contributed by atoms with Gasteiger partial charge in [-0.15, -0.1) is 0 Å². The Labute approximate surface area is 158 Å². The Morgan fingerprint density at radius 2 is 1.81 bits per heavy atom. The topological polar surface area (TPSA) is 103 Å². The lowest BCUT2D eigenvalue weighted by molar-refractivity contribution is -0.383. The molecular formula is C18H25N5O4. The molecule has 0 aliphatic heterocycles. The first-order chi connectivity index (χ1) is 13.0. The average Bonchev–Trinajstić information content (AvgIpc) is 2.64. The van der Waals surface area contributed by atoms with Crippen molar-refractivity contribution in [2.24, 2.45) is 0 Å². The molecule has 1 heterocycles. The van der Waals surface area contributed by atoms with E-state index in [4.69, 9.17) is 9.47 Å². The monoisotopic (exact) mass is 375 g/mol. The highest BCUT2D eigenvalue weighted by molar-refractivity contribution is 5.75. The predicted octanol–water partition coefficient (Wildman–Crippen LogP) is 2.84. The Morgan fingerprint density at radius 1 is 1.15 bits per heavy atom. The fourth-order valence-electron chi connectivity index (χ4n) is 2.67. The Kier molecular flexibility index (Phi) is 7.44. The summed E-state index contributed by atoms with van der Waals surface area (Å²) in [6, 6.07) is 5.82. The molecule has 1 aromatic heterocycles. The van der Waals surface area contributed by atoms with E-state index in [1.165, 1.54) is 6.33 Å². The van der Waals surface area contributed by atoms with Crippen molar-refractivity contribution in [2.75, 3.05) is 50.7 Å². The number of nitro groups is 1. The van der Waals surface area contributed by atoms with Gasteiger partial charge >= 0.3 is 5.69 Å². The van der Waals surface area contributed by atoms with Gasteiger partial charge in [0.2, 0.25) is 11.6 Å². The van der Waals surface area contributed by atoms with E-state index in [1.54, 1.807) is 19.1 Å². The third kappa shape index (κ3) is 5.35. The molecule has 0 amide bonds. The van der Waals surface area contributed by atoms with Gasteiger partial charge in [-0.25, -0.2) is 9.97 Å². The van der Waals surface area contributed by atoms with Gasteiger partial charge in [0.05, 0.1) is 18.1 Å². The van der Waals surface area contributed by atoms with Crippen LogP contribution in [-0.2, 0) is 9.47 Å². The van der Waals surface area contributed by atoms with Crippen molar-refractivity contribution in [1.82, 2.24) is 9.97 Å². The molecule has 0 aliphatic carbocycles. The van der Waals surface area contributed by atoms with E-state index >= 15 is 0 Å². The third-order valence-corrected chi connectivity index (χ3v) is 4.05. The second-order valence-electron chi connectivity index (χ2n) is 6.07. The summed E-state index contributed by atoms with van der Waals surface area (Å²) in [6.45, 7) is 5.63. The molecule has 146 valence electrons. The third-order valence-electron chi connectivity index (χ3n) is 4.05. The first-order valence-corrected chi connectivity index (χ1v) is 8.54. The van der Waals surface area contributed by atoms with Crippen molar-refractivity contribution in [3.63, 3.8) is 0 Å². The number of aryl methyl sites for hydroxylation is 2. The van der Waals surface area contributed by atoms with Crippen LogP contribution in [-0.4, -0.2) is 55.4 Å². The fourth-order valence-corrected chi connectivity index (χ4v) is 2.67. The van der Waals surface area contributed by atoms with Crippen LogP contribution in [0.25, 0.3) is 0 Å². The van der Waals surface area contributed by atoms with Gasteiger partial charge < -0.3 is 19.7 Å². The summed E-state index contributed by atoms with van der Waals surface area (Å²) in [6.07, 6.45) is 1.32. The van der Waals surface area contributed by atoms with E-state index in [0.29, 0.717) is 26.3 Å². The van der Waals surface area contributed by atoms with E-state index in [1.807, 2.05) is 32.0 Å². The molecule has 27 heavy (non-hydrogen) atoms. The van der Waals surface area contributed by atoms with Crippen molar-refractivity contribution < 1.29 is 14.4 Å². The zero-order chi connectivity index (χ0) is 19.8. The molecule has 0 aliphatic rings. The van der Waals surface area contributed by atoms with Gasteiger partial charge in [0, 0.05) is 33.0 Å². The molecule has 0 atom stereocenters. The number of methoxy groups -OCH3 is 2. The van der Waals surface area contributed by atoms with Crippen molar-refractivity contribution in [3.8, 4) is 0 Å². The molecule has 0 saturated carbocycles. The Bertz CT molecular complexity index is 776. The second-order valence-corrected chi connectivity index (χ2v) is 6.07. The van der Waals surface area contributed by atoms with E-state index in [-0.39, 0.29) is 17.3 Å². The van der Waals surface area contributed by atoms with Crippen molar-refractivity contribution in [2.45, 2.75) is 13.8 Å². The number of hydrogen-bond acceptors (Lipinski definition) is 8. The molecule has 1 aromatic carbocycles. The van der Waals surface area contributed by atoms with Gasteiger partial charge in [-0.2, -0.15) is 0 Å². The quantitative estimate of drug-likeness (QED) is 0.499. The molecule has 9 heteroatoms. The summed E-state index contributed by atoms with van der Waals surface area (Å²) < 4.78 is 10.2. The van der Waals surface area contributed by atoms with Crippen LogP contribution in [0.2, 0.25) is 0 Å². The molecule has 2 aromatic rings. The minimum atomic E-state index is -0.464. The summed E-state index contributed by atoms with van der Waals surface area (Å²) in [7, 11) is 3.16. The zero-order valence-corrected chi connectivity index (χ0v) is 16.1. The number of ether oxygens (including phenoxy) is 2. The second kappa shape index (κ2) is 9.79. The van der Waals surface area contributed by atoms with Gasteiger partial charge in [0.25, 0.3) is 0 Å². The zero-order valence-electron chi connectivity index (χ0n) is 16.1. The molecule has 0 fully saturated rings. The molecule has 9 nitrogen and oxygen atoms in total. The summed E-state index contributed by atoms with van der Waals surface area (Å²) in [4.78, 5) is 21.4. The number of nitrogens with one attached hydrogen (secondary N) is 1. The summed E-state index contributed by atoms with van der Waals surface area (Å²) in [5.41, 5.74) is 2.67. The molecule has 0 saturated heterocycles. The highest BCUT2D eigenvalue weighted by Gasteiger charge is 2.27. The van der Waals surface area contributed by atoms with E-state index in [9.17, 15) is 10.1 Å². The number of anilines is 3. The first-order valence-electron chi connectivity index (χ1n) is 8.54. The van der Waals surface area contributed by atoms with Crippen LogP contribution in [0.3, 0.4) is 0 Å². The lowest BCUT2D eigenvalue weighted by atomic mass is 10.1. The Balaban J connectivity index is 2.43. The largest absolute Gasteiger partial charge is 0.383 e. The van der Waals surface area contributed by atoms with Gasteiger partial charge in [-0.1, -0.05) is 17.7 Å². The highest BCUT2D eigenvalue weighted by Crippen LogP contribution is 2.34. The summed E-state index contributed by atoms with van der Waals surface area (Å²) in [5.74, 6) is 0.383. The Hall–Kier alpha value is -2.78. The molecular weight excluding hydrogens is 350 g/mol. The first kappa shape index (κ1) is 20.5. The van der Waals surface area contributed by atoms with Gasteiger partial charge in [0.1, 0.15) is 6.33 Å². The van der Waals surface area contributed by atoms with Crippen molar-refractivity contribution in [1.29, 1.82) is 0 Å². The van der Waals surface area contributed by atoms with E-state index in [0.717, 1.165) is 16.8 Å². The number of benzene rings is 1. The average molecular weight is 375 g/mol. The maximum Gasteiger partial charge on any atom is 0.353 e. The summed E-state index contributed by atoms with van der Waals surface area (Å²) in [5, 5.41) is 14.9. The molecule has 0 spiro atoms. The fraction of sp³-hybridized carbons (Fsp3) is 0.444. The molecule has 1 N–H and O–H groups in total. The smallest absolute Gasteiger partial charge is 0.353 e. The maximum absolute atomic E-state index is 11.8. The highest BCUT2D eigenvalue weighted by atomic mass is 16.6. The number of aromatic nitrogens is 2. The molecule has 0 bridgehead atoms. The van der Waals surface area contributed by atoms with Crippen LogP contribution in [0.15, 0.2) is 24.5 Å². The lowest BCUT2D eigenvalue weighted by Gasteiger charge is -2.23. The number of nitrogens with zero attached hydrogens (tertiary/aromatic N) is 4. The lowest BCUT2D eigenvalue weighted by Crippen LogP contribution is -2.32. The Morgan fingerprint density at radius 3 is 2.37 bits per heavy atom. The normalized spacial score (nSPS) is 10.7. The van der Waals surface area contributed by atoms with Crippen LogP contribution in [0.4, 0.5) is 23.0 Å². The van der Waals surface area contributed by atoms with Crippen LogP contribution >= 0.6 is 0 Å². The van der Waals surface area contributed by atoms with Crippen LogP contribution in [0, 0.1) is 24.0 Å². The standard InChI is InChI=1S/C18H25N5O4/c1-13-5-6-15(14(2)11-13)21-17-16(23(24)25)18(20-12-19-17)22(7-9-26-3)8-10-27-4/h5-6,11-12H,7-10H2,1-4H3,(H,19,20,21). The van der Waals surface area contributed by atoms with Crippen LogP contribution in [0.1, 0.15) is 11.1 Å². The summed E-state index contributed by atoms with van der Waals surface area (Å²) >= 11 is 0. The number of rotatable bonds is 10. The van der Waals surface area contributed by atoms with Gasteiger partial charge in [-0.3, -0.25) is 10.1 Å². The van der Waals surface area contributed by atoms with E-state index in [2.05, 4.69) is 15.3 Å². The van der Waals surface area contributed by atoms with Crippen molar-refractivity contribution in [3.05, 3.63) is 45.8 Å². The SMILES string of the molecule is COCCN(CCOC)c1ncnc(Nc2ccc(C)cc2C)c1[N+](=O)[O-]. The van der Waals surface area contributed by atoms with Gasteiger partial charge in [0.15, 0.2) is 0 Å². The minimum Gasteiger partial charge on any atom is -0.383 e. The maximum atomic E-state index is 11.8. The number of hydrogen-bond donors (Lipinski definition) is 1. The molecule has 2 rings (SSSR count). The van der Waals surface area contributed by atoms with Gasteiger partial charge in [-0.05, 0) is 25.5 Å². The molecule has 0 unspecified atom stereocenters.